The summed E-state index contributed by atoms with van der Waals surface area (Å²) in [5.74, 6) is 3.23. The first-order valence-corrected chi connectivity index (χ1v) is 4.62. The summed E-state index contributed by atoms with van der Waals surface area (Å²) in [6, 6.07) is 0. The fourth-order valence-electron chi connectivity index (χ4n) is 2.19. The summed E-state index contributed by atoms with van der Waals surface area (Å²) in [6.07, 6.45) is 4.46. The first-order valence-electron chi connectivity index (χ1n) is 4.62. The van der Waals surface area contributed by atoms with Gasteiger partial charge in [-0.1, -0.05) is 13.3 Å². The monoisotopic (exact) mass is 139 g/mol. The molecular formula is C9H17N. The number of nitrogens with one attached hydrogen (secondary N) is 1. The van der Waals surface area contributed by atoms with Gasteiger partial charge in [-0.25, -0.2) is 0 Å². The van der Waals surface area contributed by atoms with E-state index in [-0.39, 0.29) is 0 Å². The van der Waals surface area contributed by atoms with E-state index >= 15 is 0 Å². The standard InChI is InChI=1S/C9H17N/c1-2-9(7-3-4-7)8-5-10-6-8/h7-10H,2-6H2,1H3. The molecule has 0 radical (unpaired) electrons. The van der Waals surface area contributed by atoms with Gasteiger partial charge in [0, 0.05) is 0 Å². The Kier molecular flexibility index (Phi) is 1.69. The summed E-state index contributed by atoms with van der Waals surface area (Å²) in [5.41, 5.74) is 0. The molecule has 1 N–H and O–H groups in total. The second-order valence-corrected chi connectivity index (χ2v) is 3.83. The van der Waals surface area contributed by atoms with Crippen LogP contribution in [0.4, 0.5) is 0 Å². The van der Waals surface area contributed by atoms with Gasteiger partial charge in [0.25, 0.3) is 0 Å². The second kappa shape index (κ2) is 2.54. The summed E-state index contributed by atoms with van der Waals surface area (Å²) in [4.78, 5) is 0. The third kappa shape index (κ3) is 1.07. The highest BCUT2D eigenvalue weighted by atomic mass is 15.0. The van der Waals surface area contributed by atoms with Gasteiger partial charge in [-0.15, -0.1) is 0 Å². The molecule has 1 atom stereocenters. The molecule has 1 aliphatic carbocycles. The zero-order chi connectivity index (χ0) is 6.97. The Balaban J connectivity index is 1.84. The molecule has 58 valence electrons. The lowest BCUT2D eigenvalue weighted by atomic mass is 9.82. The molecule has 2 rings (SSSR count). The predicted molar refractivity (Wildman–Crippen MR) is 42.9 cm³/mol. The van der Waals surface area contributed by atoms with Crippen molar-refractivity contribution in [2.24, 2.45) is 17.8 Å². The van der Waals surface area contributed by atoms with Crippen LogP contribution >= 0.6 is 0 Å². The van der Waals surface area contributed by atoms with E-state index in [0.717, 1.165) is 17.8 Å². The van der Waals surface area contributed by atoms with Crippen molar-refractivity contribution in [3.05, 3.63) is 0 Å². The van der Waals surface area contributed by atoms with E-state index < -0.39 is 0 Å². The van der Waals surface area contributed by atoms with Crippen molar-refractivity contribution < 1.29 is 0 Å². The van der Waals surface area contributed by atoms with Crippen LogP contribution in [-0.2, 0) is 0 Å². The molecule has 1 heteroatoms. The highest BCUT2D eigenvalue weighted by molar-refractivity contribution is 4.90. The SMILES string of the molecule is CCC(C1CC1)C1CNC1. The lowest BCUT2D eigenvalue weighted by molar-refractivity contribution is 0.204. The average Bonchev–Trinajstić information content (AvgIpc) is 2.58. The molecule has 0 amide bonds. The molecule has 0 spiro atoms. The van der Waals surface area contributed by atoms with Crippen LogP contribution in [-0.4, -0.2) is 13.1 Å². The minimum atomic E-state index is 1.04. The van der Waals surface area contributed by atoms with Gasteiger partial charge in [0.1, 0.15) is 0 Å². The topological polar surface area (TPSA) is 12.0 Å². The maximum Gasteiger partial charge on any atom is -0.000549 e. The number of rotatable bonds is 3. The molecule has 1 saturated heterocycles. The molecule has 2 aliphatic rings. The van der Waals surface area contributed by atoms with E-state index in [1.165, 1.54) is 32.4 Å². The molecule has 0 aromatic rings. The van der Waals surface area contributed by atoms with E-state index in [1.54, 1.807) is 0 Å². The van der Waals surface area contributed by atoms with Crippen molar-refractivity contribution in [1.82, 2.24) is 5.32 Å². The highest BCUT2D eigenvalue weighted by Crippen LogP contribution is 2.43. The zero-order valence-corrected chi connectivity index (χ0v) is 6.77. The van der Waals surface area contributed by atoms with Gasteiger partial charge in [-0.05, 0) is 43.7 Å². The van der Waals surface area contributed by atoms with Crippen molar-refractivity contribution in [1.29, 1.82) is 0 Å². The Morgan fingerprint density at radius 2 is 2.00 bits per heavy atom. The molecule has 1 unspecified atom stereocenters. The minimum absolute atomic E-state index is 1.04. The quantitative estimate of drug-likeness (QED) is 0.627. The number of hydrogen-bond acceptors (Lipinski definition) is 1. The first-order chi connectivity index (χ1) is 4.92. The maximum absolute atomic E-state index is 3.36. The van der Waals surface area contributed by atoms with Crippen LogP contribution in [0.3, 0.4) is 0 Å². The Labute approximate surface area is 63.2 Å². The Morgan fingerprint density at radius 1 is 1.30 bits per heavy atom. The Bertz CT molecular complexity index is 114. The molecule has 0 aromatic carbocycles. The molecule has 0 aromatic heterocycles. The van der Waals surface area contributed by atoms with Crippen LogP contribution in [0.15, 0.2) is 0 Å². The van der Waals surface area contributed by atoms with Crippen molar-refractivity contribution in [2.45, 2.75) is 26.2 Å². The summed E-state index contributed by atoms with van der Waals surface area (Å²) < 4.78 is 0. The summed E-state index contributed by atoms with van der Waals surface area (Å²) >= 11 is 0. The van der Waals surface area contributed by atoms with Crippen LogP contribution in [0, 0.1) is 17.8 Å². The van der Waals surface area contributed by atoms with E-state index in [9.17, 15) is 0 Å². The van der Waals surface area contributed by atoms with Crippen molar-refractivity contribution >= 4 is 0 Å². The summed E-state index contributed by atoms with van der Waals surface area (Å²) in [5, 5.41) is 3.36. The first kappa shape index (κ1) is 6.66. The highest BCUT2D eigenvalue weighted by Gasteiger charge is 2.37. The van der Waals surface area contributed by atoms with Crippen LogP contribution in [0.5, 0.6) is 0 Å². The summed E-state index contributed by atoms with van der Waals surface area (Å²) in [7, 11) is 0. The van der Waals surface area contributed by atoms with E-state index in [0.29, 0.717) is 0 Å². The normalized spacial score (nSPS) is 29.7. The van der Waals surface area contributed by atoms with E-state index in [1.807, 2.05) is 0 Å². The van der Waals surface area contributed by atoms with Crippen LogP contribution in [0.25, 0.3) is 0 Å². The zero-order valence-electron chi connectivity index (χ0n) is 6.77. The lowest BCUT2D eigenvalue weighted by Gasteiger charge is -2.34. The van der Waals surface area contributed by atoms with Crippen LogP contribution in [0.1, 0.15) is 26.2 Å². The third-order valence-corrected chi connectivity index (χ3v) is 3.12. The van der Waals surface area contributed by atoms with Gasteiger partial charge >= 0.3 is 0 Å². The Morgan fingerprint density at radius 3 is 2.30 bits per heavy atom. The van der Waals surface area contributed by atoms with Gasteiger partial charge in [0.05, 0.1) is 0 Å². The molecule has 1 aliphatic heterocycles. The molecule has 2 fully saturated rings. The Hall–Kier alpha value is -0.0400. The van der Waals surface area contributed by atoms with Crippen LogP contribution < -0.4 is 5.32 Å². The van der Waals surface area contributed by atoms with Crippen molar-refractivity contribution in [2.75, 3.05) is 13.1 Å². The van der Waals surface area contributed by atoms with Gasteiger partial charge in [0.15, 0.2) is 0 Å². The molecular weight excluding hydrogens is 122 g/mol. The van der Waals surface area contributed by atoms with Crippen molar-refractivity contribution in [3.8, 4) is 0 Å². The molecule has 0 bridgehead atoms. The smallest absolute Gasteiger partial charge is 0.000549 e. The van der Waals surface area contributed by atoms with E-state index in [2.05, 4.69) is 12.2 Å². The third-order valence-electron chi connectivity index (χ3n) is 3.12. The molecule has 1 nitrogen and oxygen atoms in total. The fourth-order valence-corrected chi connectivity index (χ4v) is 2.19. The number of hydrogen-bond donors (Lipinski definition) is 1. The van der Waals surface area contributed by atoms with Gasteiger partial charge in [0.2, 0.25) is 0 Å². The average molecular weight is 139 g/mol. The largest absolute Gasteiger partial charge is 0.316 e. The summed E-state index contributed by atoms with van der Waals surface area (Å²) in [6.45, 7) is 4.95. The van der Waals surface area contributed by atoms with E-state index in [4.69, 9.17) is 0 Å². The molecule has 1 heterocycles. The minimum Gasteiger partial charge on any atom is -0.316 e. The molecule has 10 heavy (non-hydrogen) atoms. The van der Waals surface area contributed by atoms with Crippen LogP contribution in [0.2, 0.25) is 0 Å². The van der Waals surface area contributed by atoms with Gasteiger partial charge in [-0.3, -0.25) is 0 Å². The predicted octanol–water partition coefficient (Wildman–Crippen LogP) is 1.64. The van der Waals surface area contributed by atoms with Gasteiger partial charge < -0.3 is 5.32 Å². The maximum atomic E-state index is 3.36. The molecule has 1 saturated carbocycles. The lowest BCUT2D eigenvalue weighted by Crippen LogP contribution is -2.46. The van der Waals surface area contributed by atoms with Gasteiger partial charge in [-0.2, -0.15) is 0 Å². The fraction of sp³-hybridized carbons (Fsp3) is 1.00. The second-order valence-electron chi connectivity index (χ2n) is 3.83. The van der Waals surface area contributed by atoms with Crippen molar-refractivity contribution in [3.63, 3.8) is 0 Å².